The van der Waals surface area contributed by atoms with Crippen LogP contribution in [0.4, 0.5) is 4.79 Å². The van der Waals surface area contributed by atoms with E-state index in [1.807, 2.05) is 27.8 Å². The molecular formula is C19H40IN5O2. The number of nitrogens with zero attached hydrogens (tertiary/aromatic N) is 3. The molecule has 0 aliphatic carbocycles. The average molecular weight is 497 g/mol. The summed E-state index contributed by atoms with van der Waals surface area (Å²) >= 11 is 0. The number of ether oxygens (including phenoxy) is 1. The number of halogens is 1. The molecule has 1 aliphatic rings. The number of hydrogen-bond donors (Lipinski definition) is 2. The highest BCUT2D eigenvalue weighted by Gasteiger charge is 2.27. The Bertz CT molecular complexity index is 450. The molecule has 0 aromatic carbocycles. The molecule has 0 spiro atoms. The molecule has 1 atom stereocenters. The van der Waals surface area contributed by atoms with Gasteiger partial charge < -0.3 is 25.2 Å². The maximum atomic E-state index is 11.9. The number of alkyl carbamates (subject to hydrolysis) is 1. The molecule has 1 saturated heterocycles. The van der Waals surface area contributed by atoms with Crippen LogP contribution >= 0.6 is 24.0 Å². The first kappa shape index (κ1) is 26.2. The van der Waals surface area contributed by atoms with Gasteiger partial charge in [0.25, 0.3) is 0 Å². The first-order chi connectivity index (χ1) is 12.3. The zero-order chi connectivity index (χ0) is 19.6. The number of hydrogen-bond acceptors (Lipinski definition) is 4. The van der Waals surface area contributed by atoms with Gasteiger partial charge in [0.2, 0.25) is 0 Å². The maximum absolute atomic E-state index is 11.9. The average Bonchev–Trinajstić information content (AvgIpc) is 3.00. The summed E-state index contributed by atoms with van der Waals surface area (Å²) in [6.07, 6.45) is 2.88. The van der Waals surface area contributed by atoms with Gasteiger partial charge in [-0.3, -0.25) is 4.99 Å². The van der Waals surface area contributed by atoms with Gasteiger partial charge in [0.05, 0.1) is 6.04 Å². The highest BCUT2D eigenvalue weighted by atomic mass is 127. The molecule has 160 valence electrons. The van der Waals surface area contributed by atoms with Gasteiger partial charge in [-0.05, 0) is 59.7 Å². The molecule has 7 nitrogen and oxygen atoms in total. The quantitative estimate of drug-likeness (QED) is 0.234. The third-order valence-electron chi connectivity index (χ3n) is 4.50. The zero-order valence-electron chi connectivity index (χ0n) is 18.0. The second-order valence-electron chi connectivity index (χ2n) is 7.79. The van der Waals surface area contributed by atoms with Gasteiger partial charge in [-0.15, -0.1) is 24.0 Å². The SMILES string of the molecule is CCN(CC)CCCCNC(=NC)N1CCC(NC(=O)OC(C)(C)C)C1.I. The van der Waals surface area contributed by atoms with Crippen molar-refractivity contribution in [3.8, 4) is 0 Å². The maximum Gasteiger partial charge on any atom is 0.407 e. The molecule has 0 saturated carbocycles. The standard InChI is InChI=1S/C19H39N5O2.HI/c1-7-23(8-2)13-10-9-12-21-17(20-6)24-14-11-16(15-24)22-18(25)26-19(3,4)5;/h16H,7-15H2,1-6H3,(H,20,21)(H,22,25);1H. The van der Waals surface area contributed by atoms with Gasteiger partial charge in [-0.2, -0.15) is 0 Å². The van der Waals surface area contributed by atoms with Crippen LogP contribution in [0, 0.1) is 0 Å². The van der Waals surface area contributed by atoms with Crippen molar-refractivity contribution in [3.05, 3.63) is 0 Å². The summed E-state index contributed by atoms with van der Waals surface area (Å²) < 4.78 is 5.33. The smallest absolute Gasteiger partial charge is 0.407 e. The summed E-state index contributed by atoms with van der Waals surface area (Å²) in [6.45, 7) is 16.0. The Labute approximate surface area is 182 Å². The van der Waals surface area contributed by atoms with E-state index in [9.17, 15) is 4.79 Å². The van der Waals surface area contributed by atoms with E-state index in [1.165, 1.54) is 6.42 Å². The molecule has 0 aromatic rings. The molecule has 0 aromatic heterocycles. The Balaban J connectivity index is 0.00000676. The lowest BCUT2D eigenvalue weighted by atomic mass is 10.2. The number of nitrogens with one attached hydrogen (secondary N) is 2. The van der Waals surface area contributed by atoms with E-state index >= 15 is 0 Å². The molecule has 1 unspecified atom stereocenters. The fraction of sp³-hybridized carbons (Fsp3) is 0.895. The van der Waals surface area contributed by atoms with Crippen molar-refractivity contribution in [2.45, 2.75) is 65.5 Å². The molecule has 1 amide bonds. The number of guanidine groups is 1. The van der Waals surface area contributed by atoms with Crippen LogP contribution in [-0.4, -0.2) is 79.8 Å². The minimum Gasteiger partial charge on any atom is -0.444 e. The summed E-state index contributed by atoms with van der Waals surface area (Å²) in [5.41, 5.74) is -0.467. The number of carbonyl (C=O) groups is 1. The largest absolute Gasteiger partial charge is 0.444 e. The third-order valence-corrected chi connectivity index (χ3v) is 4.50. The van der Waals surface area contributed by atoms with Gasteiger partial charge in [0.15, 0.2) is 5.96 Å². The summed E-state index contributed by atoms with van der Waals surface area (Å²) in [7, 11) is 1.81. The fourth-order valence-electron chi connectivity index (χ4n) is 3.08. The molecule has 2 N–H and O–H groups in total. The predicted octanol–water partition coefficient (Wildman–Crippen LogP) is 2.90. The monoisotopic (exact) mass is 497 g/mol. The van der Waals surface area contributed by atoms with E-state index in [2.05, 4.69) is 39.3 Å². The van der Waals surface area contributed by atoms with Crippen molar-refractivity contribution in [3.63, 3.8) is 0 Å². The summed E-state index contributed by atoms with van der Waals surface area (Å²) in [5, 5.41) is 6.40. The van der Waals surface area contributed by atoms with E-state index in [1.54, 1.807) is 0 Å². The van der Waals surface area contributed by atoms with E-state index in [-0.39, 0.29) is 36.1 Å². The molecule has 0 radical (unpaired) electrons. The first-order valence-corrected chi connectivity index (χ1v) is 9.96. The second kappa shape index (κ2) is 13.4. The number of unbranched alkanes of at least 4 members (excludes halogenated alkanes) is 1. The van der Waals surface area contributed by atoms with Crippen molar-refractivity contribution >= 4 is 36.0 Å². The van der Waals surface area contributed by atoms with Crippen LogP contribution in [-0.2, 0) is 4.74 Å². The Morgan fingerprint density at radius 2 is 1.93 bits per heavy atom. The van der Waals surface area contributed by atoms with Gasteiger partial charge >= 0.3 is 6.09 Å². The molecular weight excluding hydrogens is 457 g/mol. The van der Waals surface area contributed by atoms with Gasteiger partial charge in [-0.1, -0.05) is 13.8 Å². The van der Waals surface area contributed by atoms with Crippen LogP contribution in [0.25, 0.3) is 0 Å². The van der Waals surface area contributed by atoms with Crippen molar-refractivity contribution in [2.75, 3.05) is 46.3 Å². The Kier molecular flexibility index (Phi) is 13.0. The summed E-state index contributed by atoms with van der Waals surface area (Å²) in [6, 6.07) is 0.103. The van der Waals surface area contributed by atoms with E-state index in [0.717, 1.165) is 58.1 Å². The lowest BCUT2D eigenvalue weighted by molar-refractivity contribution is 0.0507. The number of aliphatic imine (C=N–C) groups is 1. The van der Waals surface area contributed by atoms with Gasteiger partial charge in [0.1, 0.15) is 5.60 Å². The minimum atomic E-state index is -0.467. The van der Waals surface area contributed by atoms with E-state index < -0.39 is 5.60 Å². The van der Waals surface area contributed by atoms with Crippen LogP contribution in [0.3, 0.4) is 0 Å². The molecule has 0 bridgehead atoms. The Morgan fingerprint density at radius 1 is 1.26 bits per heavy atom. The fourth-order valence-corrected chi connectivity index (χ4v) is 3.08. The third kappa shape index (κ3) is 11.0. The van der Waals surface area contributed by atoms with E-state index in [0.29, 0.717) is 0 Å². The van der Waals surface area contributed by atoms with Crippen molar-refractivity contribution in [2.24, 2.45) is 4.99 Å². The first-order valence-electron chi connectivity index (χ1n) is 9.96. The van der Waals surface area contributed by atoms with Crippen LogP contribution in [0.5, 0.6) is 0 Å². The van der Waals surface area contributed by atoms with Crippen LogP contribution < -0.4 is 10.6 Å². The topological polar surface area (TPSA) is 69.2 Å². The minimum absolute atomic E-state index is 0. The van der Waals surface area contributed by atoms with Gasteiger partial charge in [-0.25, -0.2) is 4.79 Å². The summed E-state index contributed by atoms with van der Waals surface area (Å²) in [5.74, 6) is 0.918. The highest BCUT2D eigenvalue weighted by molar-refractivity contribution is 14.0. The zero-order valence-corrected chi connectivity index (χ0v) is 20.3. The molecule has 27 heavy (non-hydrogen) atoms. The molecule has 8 heteroatoms. The summed E-state index contributed by atoms with van der Waals surface area (Å²) in [4.78, 5) is 20.9. The number of rotatable bonds is 8. The molecule has 1 aliphatic heterocycles. The Morgan fingerprint density at radius 3 is 2.48 bits per heavy atom. The van der Waals surface area contributed by atoms with Crippen molar-refractivity contribution in [1.29, 1.82) is 0 Å². The predicted molar refractivity (Wildman–Crippen MR) is 123 cm³/mol. The van der Waals surface area contributed by atoms with Crippen LogP contribution in [0.1, 0.15) is 53.9 Å². The van der Waals surface area contributed by atoms with Gasteiger partial charge in [0, 0.05) is 26.7 Å². The lowest BCUT2D eigenvalue weighted by Crippen LogP contribution is -2.44. The van der Waals surface area contributed by atoms with E-state index in [4.69, 9.17) is 4.74 Å². The number of carbonyl (C=O) groups excluding carboxylic acids is 1. The van der Waals surface area contributed by atoms with Crippen molar-refractivity contribution in [1.82, 2.24) is 20.4 Å². The molecule has 1 rings (SSSR count). The van der Waals surface area contributed by atoms with Crippen molar-refractivity contribution < 1.29 is 9.53 Å². The number of likely N-dealkylation sites (tertiary alicyclic amines) is 1. The lowest BCUT2D eigenvalue weighted by Gasteiger charge is -2.23. The second-order valence-corrected chi connectivity index (χ2v) is 7.79. The number of amides is 1. The van der Waals surface area contributed by atoms with Crippen LogP contribution in [0.15, 0.2) is 4.99 Å². The molecule has 1 fully saturated rings. The normalized spacial score (nSPS) is 17.7. The highest BCUT2D eigenvalue weighted by Crippen LogP contribution is 2.12. The molecule has 1 heterocycles. The Hall–Kier alpha value is -0.770. The van der Waals surface area contributed by atoms with Crippen LogP contribution in [0.2, 0.25) is 0 Å².